The van der Waals surface area contributed by atoms with Crippen LogP contribution < -0.4 is 5.32 Å². The Morgan fingerprint density at radius 3 is 2.28 bits per heavy atom. The zero-order valence-corrected chi connectivity index (χ0v) is 15.0. The van der Waals surface area contributed by atoms with Crippen molar-refractivity contribution in [1.82, 2.24) is 10.2 Å². The van der Waals surface area contributed by atoms with Crippen LogP contribution in [0.2, 0.25) is 0 Å². The average Bonchev–Trinajstić information content (AvgIpc) is 2.61. The SMILES string of the molecule is C#CC(O)c1ccc(C(=O)N2CCNCC2)cc1.CC(C)(C)OC=O. The molecule has 0 bridgehead atoms. The fourth-order valence-electron chi connectivity index (χ4n) is 2.10. The maximum atomic E-state index is 12.1. The molecule has 1 aliphatic rings. The van der Waals surface area contributed by atoms with Gasteiger partial charge < -0.3 is 20.1 Å². The molecule has 6 heteroatoms. The van der Waals surface area contributed by atoms with Gasteiger partial charge in [0, 0.05) is 31.7 Å². The van der Waals surface area contributed by atoms with E-state index in [2.05, 4.69) is 16.0 Å². The summed E-state index contributed by atoms with van der Waals surface area (Å²) in [6.07, 6.45) is 4.23. The van der Waals surface area contributed by atoms with Crippen LogP contribution in [-0.4, -0.2) is 54.2 Å². The third kappa shape index (κ3) is 7.38. The van der Waals surface area contributed by atoms with Crippen molar-refractivity contribution in [3.63, 3.8) is 0 Å². The number of carbonyl (C=O) groups excluding carboxylic acids is 2. The van der Waals surface area contributed by atoms with Crippen LogP contribution in [0.1, 0.15) is 42.8 Å². The molecule has 0 saturated carbocycles. The predicted molar refractivity (Wildman–Crippen MR) is 95.9 cm³/mol. The lowest BCUT2D eigenvalue weighted by molar-refractivity contribution is -0.138. The Labute approximate surface area is 149 Å². The normalized spacial score (nSPS) is 15.2. The summed E-state index contributed by atoms with van der Waals surface area (Å²) in [7, 11) is 0. The molecule has 25 heavy (non-hydrogen) atoms. The molecule has 2 rings (SSSR count). The van der Waals surface area contributed by atoms with E-state index in [1.807, 2.05) is 25.7 Å². The molecule has 0 radical (unpaired) electrons. The Morgan fingerprint density at radius 2 is 1.88 bits per heavy atom. The van der Waals surface area contributed by atoms with Crippen LogP contribution in [0.25, 0.3) is 0 Å². The van der Waals surface area contributed by atoms with Gasteiger partial charge in [0.05, 0.1) is 0 Å². The molecule has 1 amide bonds. The highest BCUT2D eigenvalue weighted by Gasteiger charge is 2.17. The molecule has 1 atom stereocenters. The molecule has 0 spiro atoms. The van der Waals surface area contributed by atoms with Crippen LogP contribution in [0.15, 0.2) is 24.3 Å². The molecule has 6 nitrogen and oxygen atoms in total. The van der Waals surface area contributed by atoms with E-state index in [1.165, 1.54) is 0 Å². The Bertz CT molecular complexity index is 593. The molecule has 1 saturated heterocycles. The highest BCUT2D eigenvalue weighted by atomic mass is 16.5. The first kappa shape index (κ1) is 20.7. The lowest BCUT2D eigenvalue weighted by Gasteiger charge is -2.27. The topological polar surface area (TPSA) is 78.9 Å². The molecule has 1 unspecified atom stereocenters. The Kier molecular flexibility index (Phi) is 8.12. The molecular formula is C19H26N2O4. The van der Waals surface area contributed by atoms with E-state index < -0.39 is 6.10 Å². The van der Waals surface area contributed by atoms with Gasteiger partial charge in [-0.25, -0.2) is 0 Å². The minimum Gasteiger partial charge on any atom is -0.462 e. The van der Waals surface area contributed by atoms with Gasteiger partial charge in [-0.05, 0) is 38.5 Å². The summed E-state index contributed by atoms with van der Waals surface area (Å²) in [6.45, 7) is 9.05. The molecule has 1 aromatic carbocycles. The number of aliphatic hydroxyl groups excluding tert-OH is 1. The average molecular weight is 346 g/mol. The Hall–Kier alpha value is -2.36. The minimum absolute atomic E-state index is 0.0262. The first-order valence-electron chi connectivity index (χ1n) is 8.14. The van der Waals surface area contributed by atoms with Crippen LogP contribution >= 0.6 is 0 Å². The van der Waals surface area contributed by atoms with Crippen molar-refractivity contribution in [2.75, 3.05) is 26.2 Å². The third-order valence-corrected chi connectivity index (χ3v) is 3.44. The lowest BCUT2D eigenvalue weighted by Crippen LogP contribution is -2.46. The van der Waals surface area contributed by atoms with E-state index in [9.17, 15) is 14.7 Å². The number of hydrogen-bond donors (Lipinski definition) is 2. The van der Waals surface area contributed by atoms with Gasteiger partial charge in [0.2, 0.25) is 0 Å². The number of benzene rings is 1. The molecule has 0 aliphatic carbocycles. The van der Waals surface area contributed by atoms with Crippen LogP contribution in [-0.2, 0) is 9.53 Å². The highest BCUT2D eigenvalue weighted by Crippen LogP contribution is 2.14. The molecule has 1 aromatic rings. The molecule has 0 aromatic heterocycles. The summed E-state index contributed by atoms with van der Waals surface area (Å²) < 4.78 is 4.55. The second-order valence-corrected chi connectivity index (χ2v) is 6.56. The monoisotopic (exact) mass is 346 g/mol. The number of aliphatic hydroxyl groups is 1. The van der Waals surface area contributed by atoms with Crippen LogP contribution in [0.3, 0.4) is 0 Å². The van der Waals surface area contributed by atoms with Gasteiger partial charge in [0.25, 0.3) is 12.4 Å². The van der Waals surface area contributed by atoms with Crippen molar-refractivity contribution < 1.29 is 19.4 Å². The molecule has 1 fully saturated rings. The Balaban J connectivity index is 0.000000381. The van der Waals surface area contributed by atoms with Crippen LogP contribution in [0, 0.1) is 12.3 Å². The minimum atomic E-state index is -0.909. The summed E-state index contributed by atoms with van der Waals surface area (Å²) in [5, 5.41) is 12.7. The largest absolute Gasteiger partial charge is 0.462 e. The smallest absolute Gasteiger partial charge is 0.293 e. The lowest BCUT2D eigenvalue weighted by atomic mass is 10.1. The van der Waals surface area contributed by atoms with Gasteiger partial charge in [0.15, 0.2) is 0 Å². The van der Waals surface area contributed by atoms with Crippen molar-refractivity contribution in [1.29, 1.82) is 0 Å². The van der Waals surface area contributed by atoms with Crippen molar-refractivity contribution >= 4 is 12.4 Å². The number of hydrogen-bond acceptors (Lipinski definition) is 5. The maximum Gasteiger partial charge on any atom is 0.293 e. The fraction of sp³-hybridized carbons (Fsp3) is 0.474. The van der Waals surface area contributed by atoms with Crippen molar-refractivity contribution in [3.8, 4) is 12.3 Å². The van der Waals surface area contributed by atoms with Gasteiger partial charge in [-0.3, -0.25) is 9.59 Å². The summed E-state index contributed by atoms with van der Waals surface area (Å²) in [5.41, 5.74) is 0.945. The summed E-state index contributed by atoms with van der Waals surface area (Å²) in [4.78, 5) is 23.6. The van der Waals surface area contributed by atoms with Gasteiger partial charge in [-0.1, -0.05) is 18.1 Å². The van der Waals surface area contributed by atoms with E-state index in [1.54, 1.807) is 24.3 Å². The number of nitrogens with one attached hydrogen (secondary N) is 1. The standard InChI is InChI=1S/C14H16N2O2.C5H10O2/c1-2-13(17)11-3-5-12(6-4-11)14(18)16-9-7-15-8-10-16;1-5(2,3)7-4-6/h1,3-6,13,15,17H,7-10H2;4H,1-3H3. The number of terminal acetylenes is 1. The number of carbonyl (C=O) groups is 2. The molecule has 1 heterocycles. The van der Waals surface area contributed by atoms with E-state index in [0.29, 0.717) is 17.6 Å². The summed E-state index contributed by atoms with van der Waals surface area (Å²) >= 11 is 0. The second-order valence-electron chi connectivity index (χ2n) is 6.56. The number of nitrogens with zero attached hydrogens (tertiary/aromatic N) is 1. The van der Waals surface area contributed by atoms with E-state index in [0.717, 1.165) is 26.2 Å². The Morgan fingerprint density at radius 1 is 1.32 bits per heavy atom. The maximum absolute atomic E-state index is 12.1. The second kappa shape index (κ2) is 9.82. The molecule has 136 valence electrons. The van der Waals surface area contributed by atoms with E-state index in [4.69, 9.17) is 6.42 Å². The number of amides is 1. The van der Waals surface area contributed by atoms with Crippen LogP contribution in [0.5, 0.6) is 0 Å². The van der Waals surface area contributed by atoms with Crippen LogP contribution in [0.4, 0.5) is 0 Å². The molecule has 1 aliphatic heterocycles. The zero-order valence-electron chi connectivity index (χ0n) is 15.0. The van der Waals surface area contributed by atoms with E-state index >= 15 is 0 Å². The summed E-state index contributed by atoms with van der Waals surface area (Å²) in [6, 6.07) is 6.81. The van der Waals surface area contributed by atoms with Crippen molar-refractivity contribution in [2.45, 2.75) is 32.5 Å². The first-order valence-corrected chi connectivity index (χ1v) is 8.14. The fourth-order valence-corrected chi connectivity index (χ4v) is 2.10. The van der Waals surface area contributed by atoms with E-state index in [-0.39, 0.29) is 11.5 Å². The summed E-state index contributed by atoms with van der Waals surface area (Å²) in [5.74, 6) is 2.27. The van der Waals surface area contributed by atoms with Crippen molar-refractivity contribution in [2.24, 2.45) is 0 Å². The van der Waals surface area contributed by atoms with Gasteiger partial charge in [0.1, 0.15) is 11.7 Å². The molecule has 2 N–H and O–H groups in total. The third-order valence-electron chi connectivity index (χ3n) is 3.44. The first-order chi connectivity index (χ1) is 11.8. The number of piperazine rings is 1. The quantitative estimate of drug-likeness (QED) is 0.638. The van der Waals surface area contributed by atoms with Crippen molar-refractivity contribution in [3.05, 3.63) is 35.4 Å². The van der Waals surface area contributed by atoms with Gasteiger partial charge >= 0.3 is 0 Å². The molecular weight excluding hydrogens is 320 g/mol. The highest BCUT2D eigenvalue weighted by molar-refractivity contribution is 5.94. The number of ether oxygens (including phenoxy) is 1. The van der Waals surface area contributed by atoms with Gasteiger partial charge in [-0.2, -0.15) is 0 Å². The zero-order chi connectivity index (χ0) is 18.9. The predicted octanol–water partition coefficient (Wildman–Crippen LogP) is 1.36. The van der Waals surface area contributed by atoms with Gasteiger partial charge in [-0.15, -0.1) is 6.42 Å². The number of rotatable bonds is 3.